The Labute approximate surface area is 80.6 Å². The molecule has 0 aliphatic rings. The number of aromatic nitrogens is 1. The number of nitrogens with two attached hydrogens (primary N) is 1. The van der Waals surface area contributed by atoms with Gasteiger partial charge >= 0.3 is 0 Å². The molecule has 2 N–H and O–H groups in total. The summed E-state index contributed by atoms with van der Waals surface area (Å²) in [5.41, 5.74) is 6.49. The Morgan fingerprint density at radius 2 is 2.00 bits per heavy atom. The predicted molar refractivity (Wildman–Crippen MR) is 49.8 cm³/mol. The maximum Gasteiger partial charge on any atom is 0.181 e. The Morgan fingerprint density at radius 1 is 1.27 bits per heavy atom. The van der Waals surface area contributed by atoms with Crippen LogP contribution in [0.25, 0.3) is 10.2 Å². The molecule has 0 aliphatic heterocycles. The summed E-state index contributed by atoms with van der Waals surface area (Å²) < 4.78 is 1.15. The number of nitrogens with zero attached hydrogens (tertiary/aromatic N) is 1. The van der Waals surface area contributed by atoms with E-state index in [9.17, 15) is 0 Å². The quantitative estimate of drug-likeness (QED) is 0.588. The fourth-order valence-electron chi connectivity index (χ4n) is 0.890. The number of anilines is 1. The van der Waals surface area contributed by atoms with Gasteiger partial charge < -0.3 is 5.73 Å². The molecule has 0 saturated carbocycles. The summed E-state index contributed by atoms with van der Waals surface area (Å²) >= 11 is 1.52. The van der Waals surface area contributed by atoms with Crippen LogP contribution in [-0.2, 0) is 0 Å². The van der Waals surface area contributed by atoms with Gasteiger partial charge in [-0.05, 0) is 12.1 Å². The maximum atomic E-state index is 5.50. The first kappa shape index (κ1) is 8.60. The third-order valence-electron chi connectivity index (χ3n) is 1.31. The van der Waals surface area contributed by atoms with Crippen LogP contribution in [0.5, 0.6) is 0 Å². The first-order valence-electron chi connectivity index (χ1n) is 2.97. The minimum atomic E-state index is 0. The molecule has 2 nitrogen and oxygen atoms in total. The third-order valence-corrected chi connectivity index (χ3v) is 2.18. The minimum absolute atomic E-state index is 0. The number of benzene rings is 1. The SMILES string of the molecule is Nc1nc2ccccc2s1.[Li]. The van der Waals surface area contributed by atoms with Crippen molar-refractivity contribution in [2.45, 2.75) is 0 Å². The molecular formula is C7H6LiN2S. The zero-order valence-electron chi connectivity index (χ0n) is 6.24. The van der Waals surface area contributed by atoms with Gasteiger partial charge in [-0.1, -0.05) is 23.5 Å². The summed E-state index contributed by atoms with van der Waals surface area (Å²) in [5, 5.41) is 0.640. The fraction of sp³-hybridized carbons (Fsp3) is 0. The molecule has 0 amide bonds. The van der Waals surface area contributed by atoms with Crippen LogP contribution < -0.4 is 5.73 Å². The summed E-state index contributed by atoms with van der Waals surface area (Å²) in [6.07, 6.45) is 0. The molecule has 0 saturated heterocycles. The van der Waals surface area contributed by atoms with Crippen molar-refractivity contribution in [2.75, 3.05) is 5.73 Å². The predicted octanol–water partition coefficient (Wildman–Crippen LogP) is 1.50. The monoisotopic (exact) mass is 157 g/mol. The standard InChI is InChI=1S/C7H6N2S.Li/c8-7-9-5-3-1-2-4-6(5)10-7;/h1-4H,(H2,8,9);. The topological polar surface area (TPSA) is 38.9 Å². The fourth-order valence-corrected chi connectivity index (χ4v) is 1.62. The van der Waals surface area contributed by atoms with E-state index in [1.807, 2.05) is 24.3 Å². The van der Waals surface area contributed by atoms with Crippen molar-refractivity contribution in [1.82, 2.24) is 4.98 Å². The maximum absolute atomic E-state index is 5.50. The number of hydrogen-bond acceptors (Lipinski definition) is 3. The van der Waals surface area contributed by atoms with E-state index in [0.717, 1.165) is 10.2 Å². The minimum Gasteiger partial charge on any atom is -0.375 e. The average Bonchev–Trinajstić information content (AvgIpc) is 2.27. The summed E-state index contributed by atoms with van der Waals surface area (Å²) in [4.78, 5) is 4.11. The molecule has 0 spiro atoms. The van der Waals surface area contributed by atoms with E-state index in [2.05, 4.69) is 4.98 Å². The van der Waals surface area contributed by atoms with Gasteiger partial charge in [0.25, 0.3) is 0 Å². The van der Waals surface area contributed by atoms with Gasteiger partial charge in [-0.2, -0.15) is 0 Å². The van der Waals surface area contributed by atoms with Crippen molar-refractivity contribution in [3.8, 4) is 0 Å². The number of rotatable bonds is 0. The van der Waals surface area contributed by atoms with Gasteiger partial charge in [0.2, 0.25) is 0 Å². The molecule has 0 unspecified atom stereocenters. The summed E-state index contributed by atoms with van der Waals surface area (Å²) in [7, 11) is 0. The van der Waals surface area contributed by atoms with Crippen LogP contribution in [0.3, 0.4) is 0 Å². The van der Waals surface area contributed by atoms with Crippen molar-refractivity contribution >= 4 is 45.5 Å². The normalized spacial score (nSPS) is 9.45. The molecular weight excluding hydrogens is 151 g/mol. The van der Waals surface area contributed by atoms with E-state index in [1.165, 1.54) is 11.3 Å². The number of thiazole rings is 1. The first-order chi connectivity index (χ1) is 4.86. The number of para-hydroxylation sites is 1. The second-order valence-corrected chi connectivity index (χ2v) is 3.08. The van der Waals surface area contributed by atoms with Crippen LogP contribution in [0.15, 0.2) is 24.3 Å². The van der Waals surface area contributed by atoms with E-state index in [-0.39, 0.29) is 18.9 Å². The summed E-state index contributed by atoms with van der Waals surface area (Å²) in [5.74, 6) is 0. The number of hydrogen-bond donors (Lipinski definition) is 1. The van der Waals surface area contributed by atoms with Gasteiger partial charge in [-0.25, -0.2) is 4.98 Å². The summed E-state index contributed by atoms with van der Waals surface area (Å²) in [6.45, 7) is 0. The van der Waals surface area contributed by atoms with Crippen LogP contribution in [0.1, 0.15) is 0 Å². The summed E-state index contributed by atoms with van der Waals surface area (Å²) in [6, 6.07) is 7.92. The van der Waals surface area contributed by atoms with E-state index in [1.54, 1.807) is 0 Å². The molecule has 0 bridgehead atoms. The first-order valence-corrected chi connectivity index (χ1v) is 3.79. The molecule has 2 rings (SSSR count). The van der Waals surface area contributed by atoms with Gasteiger partial charge in [-0.3, -0.25) is 0 Å². The Bertz CT molecular complexity index is 325. The molecule has 1 aromatic carbocycles. The third kappa shape index (κ3) is 1.56. The Balaban J connectivity index is 0.000000605. The van der Waals surface area contributed by atoms with Gasteiger partial charge in [-0.15, -0.1) is 0 Å². The Hall–Kier alpha value is -0.493. The Morgan fingerprint density at radius 3 is 2.73 bits per heavy atom. The molecule has 1 aromatic heterocycles. The van der Waals surface area contributed by atoms with E-state index in [0.29, 0.717) is 5.13 Å². The number of nitrogen functional groups attached to an aromatic ring is 1. The van der Waals surface area contributed by atoms with Crippen LogP contribution in [0.2, 0.25) is 0 Å². The molecule has 11 heavy (non-hydrogen) atoms. The van der Waals surface area contributed by atoms with Crippen LogP contribution in [-0.4, -0.2) is 23.8 Å². The molecule has 1 radical (unpaired) electrons. The zero-order valence-corrected chi connectivity index (χ0v) is 7.06. The van der Waals surface area contributed by atoms with Gasteiger partial charge in [0.15, 0.2) is 5.13 Å². The molecule has 2 aromatic rings. The van der Waals surface area contributed by atoms with E-state index in [4.69, 9.17) is 5.73 Å². The second kappa shape index (κ2) is 3.27. The van der Waals surface area contributed by atoms with Gasteiger partial charge in [0.05, 0.1) is 10.2 Å². The molecule has 0 aliphatic carbocycles. The van der Waals surface area contributed by atoms with E-state index < -0.39 is 0 Å². The zero-order chi connectivity index (χ0) is 6.97. The van der Waals surface area contributed by atoms with Gasteiger partial charge in [0.1, 0.15) is 0 Å². The second-order valence-electron chi connectivity index (χ2n) is 2.02. The van der Waals surface area contributed by atoms with Crippen molar-refractivity contribution in [2.24, 2.45) is 0 Å². The molecule has 4 heteroatoms. The van der Waals surface area contributed by atoms with Crippen molar-refractivity contribution < 1.29 is 0 Å². The molecule has 0 atom stereocenters. The van der Waals surface area contributed by atoms with Crippen LogP contribution in [0, 0.1) is 0 Å². The van der Waals surface area contributed by atoms with Crippen LogP contribution >= 0.6 is 11.3 Å². The van der Waals surface area contributed by atoms with Crippen molar-refractivity contribution in [3.63, 3.8) is 0 Å². The molecule has 1 heterocycles. The number of fused-ring (bicyclic) bond motifs is 1. The van der Waals surface area contributed by atoms with E-state index >= 15 is 0 Å². The average molecular weight is 157 g/mol. The molecule has 0 fully saturated rings. The smallest absolute Gasteiger partial charge is 0.181 e. The van der Waals surface area contributed by atoms with Crippen molar-refractivity contribution in [1.29, 1.82) is 0 Å². The van der Waals surface area contributed by atoms with Crippen molar-refractivity contribution in [3.05, 3.63) is 24.3 Å². The van der Waals surface area contributed by atoms with Gasteiger partial charge in [0, 0.05) is 18.9 Å². The van der Waals surface area contributed by atoms with Crippen LogP contribution in [0.4, 0.5) is 5.13 Å². The largest absolute Gasteiger partial charge is 0.375 e. The Kier molecular flexibility index (Phi) is 2.56. The molecule has 51 valence electrons.